The molecule has 1 unspecified atom stereocenters. The van der Waals surface area contributed by atoms with Crippen molar-refractivity contribution in [2.24, 2.45) is 0 Å². The minimum Gasteiger partial charge on any atom is -0.508 e. The Labute approximate surface area is 116 Å². The average Bonchev–Trinajstić information content (AvgIpc) is 2.45. The smallest absolute Gasteiger partial charge is 0.214 e. The third kappa shape index (κ3) is 3.06. The molecule has 1 N–H and O–H groups in total. The van der Waals surface area contributed by atoms with Crippen LogP contribution >= 0.6 is 0 Å². The first kappa shape index (κ1) is 13.9. The van der Waals surface area contributed by atoms with Crippen LogP contribution in [0.25, 0.3) is 0 Å². The third-order valence-electron chi connectivity index (χ3n) is 3.14. The van der Waals surface area contributed by atoms with Gasteiger partial charge in [0.1, 0.15) is 11.5 Å². The number of hydrogen-bond donors (Lipinski definition) is 1. The van der Waals surface area contributed by atoms with Crippen LogP contribution in [0.1, 0.15) is 17.0 Å². The molecule has 0 aliphatic rings. The molecule has 104 valence electrons. The van der Waals surface area contributed by atoms with Gasteiger partial charge in [-0.2, -0.15) is 0 Å². The lowest BCUT2D eigenvalue weighted by atomic mass is 9.90. The number of methoxy groups -OCH3 is 1. The number of nitrogens with zero attached hydrogens (tertiary/aromatic N) is 1. The second kappa shape index (κ2) is 6.06. The highest BCUT2D eigenvalue weighted by Gasteiger charge is 2.23. The molecule has 0 saturated carbocycles. The Balaban J connectivity index is 2.47. The Hall–Kier alpha value is -2.56. The molecule has 0 bridgehead atoms. The molecular formula is C15H15NO4. The first-order valence-electron chi connectivity index (χ1n) is 6.15. The minimum absolute atomic E-state index is 0.0576. The van der Waals surface area contributed by atoms with Crippen molar-refractivity contribution in [1.29, 1.82) is 0 Å². The molecule has 0 aliphatic heterocycles. The topological polar surface area (TPSA) is 72.6 Å². The Bertz CT molecular complexity index is 612. The molecule has 0 amide bonds. The molecule has 5 heteroatoms. The number of hydrogen-bond acceptors (Lipinski definition) is 4. The summed E-state index contributed by atoms with van der Waals surface area (Å²) in [4.78, 5) is 10.5. The third-order valence-corrected chi connectivity index (χ3v) is 3.14. The highest BCUT2D eigenvalue weighted by atomic mass is 16.6. The van der Waals surface area contributed by atoms with Gasteiger partial charge < -0.3 is 9.84 Å². The fraction of sp³-hybridized carbons (Fsp3) is 0.200. The van der Waals surface area contributed by atoms with E-state index in [0.717, 1.165) is 5.56 Å². The van der Waals surface area contributed by atoms with E-state index in [-0.39, 0.29) is 17.2 Å². The number of phenols is 1. The molecule has 5 nitrogen and oxygen atoms in total. The fourth-order valence-electron chi connectivity index (χ4n) is 2.17. The largest absolute Gasteiger partial charge is 0.508 e. The zero-order valence-electron chi connectivity index (χ0n) is 11.0. The highest BCUT2D eigenvalue weighted by Crippen LogP contribution is 2.32. The number of aromatic hydroxyl groups is 1. The molecule has 0 spiro atoms. The molecule has 2 aromatic rings. The van der Waals surface area contributed by atoms with Crippen molar-refractivity contribution in [3.05, 3.63) is 69.8 Å². The summed E-state index contributed by atoms with van der Waals surface area (Å²) in [6.07, 6.45) is 0. The lowest BCUT2D eigenvalue weighted by Gasteiger charge is -2.16. The molecule has 0 heterocycles. The molecule has 0 radical (unpaired) electrons. The quantitative estimate of drug-likeness (QED) is 0.671. The number of phenolic OH excluding ortho intramolecular Hbond substituents is 1. The van der Waals surface area contributed by atoms with Gasteiger partial charge in [0, 0.05) is 10.5 Å². The summed E-state index contributed by atoms with van der Waals surface area (Å²) in [5.74, 6) is 0.176. The number of para-hydroxylation sites is 1. The Morgan fingerprint density at radius 2 is 2.00 bits per heavy atom. The minimum atomic E-state index is -0.513. The van der Waals surface area contributed by atoms with Crippen molar-refractivity contribution in [2.75, 3.05) is 13.7 Å². The first-order chi connectivity index (χ1) is 9.61. The summed E-state index contributed by atoms with van der Waals surface area (Å²) in [5, 5.41) is 20.8. The van der Waals surface area contributed by atoms with Crippen LogP contribution in [0.3, 0.4) is 0 Å². The Morgan fingerprint density at radius 3 is 2.65 bits per heavy atom. The maximum absolute atomic E-state index is 10.9. The predicted octanol–water partition coefficient (Wildman–Crippen LogP) is 2.81. The Morgan fingerprint density at radius 1 is 1.25 bits per heavy atom. The zero-order chi connectivity index (χ0) is 14.5. The maximum Gasteiger partial charge on any atom is 0.214 e. The van der Waals surface area contributed by atoms with E-state index in [9.17, 15) is 15.2 Å². The van der Waals surface area contributed by atoms with Gasteiger partial charge in [0.2, 0.25) is 6.54 Å². The van der Waals surface area contributed by atoms with Crippen LogP contribution in [-0.4, -0.2) is 23.7 Å². The van der Waals surface area contributed by atoms with Crippen LogP contribution in [-0.2, 0) is 0 Å². The molecule has 1 atom stereocenters. The molecule has 2 aromatic carbocycles. The van der Waals surface area contributed by atoms with Crippen molar-refractivity contribution in [3.8, 4) is 11.5 Å². The molecule has 20 heavy (non-hydrogen) atoms. The normalized spacial score (nSPS) is 11.8. The van der Waals surface area contributed by atoms with Gasteiger partial charge in [-0.15, -0.1) is 0 Å². The predicted molar refractivity (Wildman–Crippen MR) is 74.8 cm³/mol. The standard InChI is InChI=1S/C15H15NO4/c1-20-12-6-4-5-11(9-12)14(10-16(18)19)13-7-2-3-8-15(13)17/h2-9,14,17H,10H2,1H3. The van der Waals surface area contributed by atoms with E-state index < -0.39 is 5.92 Å². The van der Waals surface area contributed by atoms with Gasteiger partial charge in [-0.1, -0.05) is 30.3 Å². The van der Waals surface area contributed by atoms with Crippen LogP contribution in [0.4, 0.5) is 0 Å². The van der Waals surface area contributed by atoms with Crippen molar-refractivity contribution >= 4 is 0 Å². The van der Waals surface area contributed by atoms with Crippen LogP contribution < -0.4 is 4.74 Å². The second-order valence-electron chi connectivity index (χ2n) is 4.40. The average molecular weight is 273 g/mol. The molecule has 0 aliphatic carbocycles. The summed E-state index contributed by atoms with van der Waals surface area (Å²) in [6.45, 7) is -0.287. The van der Waals surface area contributed by atoms with Crippen LogP contribution in [0.5, 0.6) is 11.5 Å². The summed E-state index contributed by atoms with van der Waals surface area (Å²) in [6, 6.07) is 13.8. The lowest BCUT2D eigenvalue weighted by molar-refractivity contribution is -0.481. The van der Waals surface area contributed by atoms with Crippen molar-refractivity contribution in [3.63, 3.8) is 0 Å². The van der Waals surface area contributed by atoms with E-state index in [1.54, 1.807) is 49.6 Å². The second-order valence-corrected chi connectivity index (χ2v) is 4.40. The summed E-state index contributed by atoms with van der Waals surface area (Å²) >= 11 is 0. The monoisotopic (exact) mass is 273 g/mol. The van der Waals surface area contributed by atoms with Gasteiger partial charge in [0.25, 0.3) is 0 Å². The van der Waals surface area contributed by atoms with Crippen LogP contribution in [0, 0.1) is 10.1 Å². The van der Waals surface area contributed by atoms with E-state index >= 15 is 0 Å². The van der Waals surface area contributed by atoms with Gasteiger partial charge in [0.15, 0.2) is 0 Å². The van der Waals surface area contributed by atoms with Crippen molar-refractivity contribution < 1.29 is 14.8 Å². The van der Waals surface area contributed by atoms with Gasteiger partial charge in [-0.3, -0.25) is 10.1 Å². The van der Waals surface area contributed by atoms with Gasteiger partial charge in [-0.05, 0) is 23.8 Å². The number of ether oxygens (including phenoxy) is 1. The lowest BCUT2D eigenvalue weighted by Crippen LogP contribution is -2.14. The summed E-state index contributed by atoms with van der Waals surface area (Å²) in [7, 11) is 1.54. The van der Waals surface area contributed by atoms with Gasteiger partial charge in [0.05, 0.1) is 13.0 Å². The van der Waals surface area contributed by atoms with Gasteiger partial charge >= 0.3 is 0 Å². The van der Waals surface area contributed by atoms with Crippen LogP contribution in [0.2, 0.25) is 0 Å². The molecule has 0 aromatic heterocycles. The zero-order valence-corrected chi connectivity index (χ0v) is 11.0. The van der Waals surface area contributed by atoms with E-state index in [0.29, 0.717) is 11.3 Å². The molecule has 0 fully saturated rings. The first-order valence-corrected chi connectivity index (χ1v) is 6.15. The van der Waals surface area contributed by atoms with E-state index in [1.807, 2.05) is 0 Å². The molecule has 0 saturated heterocycles. The SMILES string of the molecule is COc1cccc(C(C[N+](=O)[O-])c2ccccc2O)c1. The summed E-state index contributed by atoms with van der Waals surface area (Å²) < 4.78 is 5.14. The highest BCUT2D eigenvalue weighted by molar-refractivity contribution is 5.43. The molecular weight excluding hydrogens is 258 g/mol. The van der Waals surface area contributed by atoms with E-state index in [1.165, 1.54) is 6.07 Å². The Kier molecular flexibility index (Phi) is 4.20. The van der Waals surface area contributed by atoms with E-state index in [2.05, 4.69) is 0 Å². The van der Waals surface area contributed by atoms with E-state index in [4.69, 9.17) is 4.74 Å². The maximum atomic E-state index is 10.9. The number of nitro groups is 1. The van der Waals surface area contributed by atoms with Gasteiger partial charge in [-0.25, -0.2) is 0 Å². The van der Waals surface area contributed by atoms with Crippen LogP contribution in [0.15, 0.2) is 48.5 Å². The fourth-order valence-corrected chi connectivity index (χ4v) is 2.17. The summed E-state index contributed by atoms with van der Waals surface area (Å²) in [5.41, 5.74) is 1.28. The van der Waals surface area contributed by atoms with Crippen molar-refractivity contribution in [1.82, 2.24) is 0 Å². The number of benzene rings is 2. The van der Waals surface area contributed by atoms with Crippen molar-refractivity contribution in [2.45, 2.75) is 5.92 Å². The molecule has 2 rings (SSSR count). The number of rotatable bonds is 5.